The van der Waals surface area contributed by atoms with Gasteiger partial charge in [0.1, 0.15) is 11.6 Å². The van der Waals surface area contributed by atoms with Crippen LogP contribution < -0.4 is 10.6 Å². The molecule has 7 heteroatoms. The molecule has 1 aliphatic rings. The maximum absolute atomic E-state index is 13.9. The van der Waals surface area contributed by atoms with Crippen molar-refractivity contribution in [2.24, 2.45) is 5.92 Å². The van der Waals surface area contributed by atoms with E-state index < -0.39 is 18.0 Å². The minimum Gasteiger partial charge on any atom is -0.464 e. The third-order valence-corrected chi connectivity index (χ3v) is 3.88. The topological polar surface area (TPSA) is 83.7 Å². The third-order valence-electron chi connectivity index (χ3n) is 3.88. The number of carbonyl (C=O) groups is 1. The van der Waals surface area contributed by atoms with E-state index in [0.29, 0.717) is 23.8 Å². The molecule has 3 rings (SSSR count). The molecule has 0 radical (unpaired) electrons. The summed E-state index contributed by atoms with van der Waals surface area (Å²) in [6.45, 7) is 0.836. The van der Waals surface area contributed by atoms with E-state index in [-0.39, 0.29) is 18.8 Å². The number of aliphatic hydroxyl groups excluding tert-OH is 1. The standard InChI is InChI=1S/C18H21FN2O4/c19-15-6-5-13(17-2-1-7-25-17)8-16(15)21-18(23)20-9-14(22)11-24-10-12-3-4-12/h1-2,5-8,12,14,22H,3-4,9-11H2,(H2,20,21,23). The predicted molar refractivity (Wildman–Crippen MR) is 90.7 cm³/mol. The van der Waals surface area contributed by atoms with Crippen molar-refractivity contribution in [3.05, 3.63) is 42.4 Å². The molecule has 2 amide bonds. The summed E-state index contributed by atoms with van der Waals surface area (Å²) in [5.41, 5.74) is 0.682. The molecule has 3 N–H and O–H groups in total. The molecule has 1 atom stereocenters. The summed E-state index contributed by atoms with van der Waals surface area (Å²) in [4.78, 5) is 11.9. The number of halogens is 1. The minimum absolute atomic E-state index is 0.0238. The van der Waals surface area contributed by atoms with Gasteiger partial charge in [-0.3, -0.25) is 0 Å². The van der Waals surface area contributed by atoms with Gasteiger partial charge in [-0.05, 0) is 49.1 Å². The number of benzene rings is 1. The molecule has 1 unspecified atom stereocenters. The van der Waals surface area contributed by atoms with E-state index in [2.05, 4.69) is 10.6 Å². The zero-order valence-corrected chi connectivity index (χ0v) is 13.7. The first kappa shape index (κ1) is 17.4. The van der Waals surface area contributed by atoms with Crippen molar-refractivity contribution in [1.82, 2.24) is 5.32 Å². The van der Waals surface area contributed by atoms with Crippen LogP contribution in [0.15, 0.2) is 41.0 Å². The first-order chi connectivity index (χ1) is 12.1. The van der Waals surface area contributed by atoms with Gasteiger partial charge < -0.3 is 24.9 Å². The number of rotatable bonds is 8. The van der Waals surface area contributed by atoms with Gasteiger partial charge in [0.15, 0.2) is 0 Å². The van der Waals surface area contributed by atoms with Gasteiger partial charge in [-0.25, -0.2) is 9.18 Å². The Bertz CT molecular complexity index is 701. The van der Waals surface area contributed by atoms with Crippen molar-refractivity contribution in [2.45, 2.75) is 18.9 Å². The van der Waals surface area contributed by atoms with E-state index in [0.717, 1.165) is 0 Å². The Kier molecular flexibility index (Phi) is 5.67. The summed E-state index contributed by atoms with van der Waals surface area (Å²) in [5, 5.41) is 14.7. The fourth-order valence-corrected chi connectivity index (χ4v) is 2.31. The second kappa shape index (κ2) is 8.13. The smallest absolute Gasteiger partial charge is 0.319 e. The van der Waals surface area contributed by atoms with Crippen molar-refractivity contribution in [3.63, 3.8) is 0 Å². The average Bonchev–Trinajstić information content (AvgIpc) is 3.25. The van der Waals surface area contributed by atoms with E-state index >= 15 is 0 Å². The van der Waals surface area contributed by atoms with Gasteiger partial charge in [0.25, 0.3) is 0 Å². The summed E-state index contributed by atoms with van der Waals surface area (Å²) in [6, 6.07) is 7.19. The van der Waals surface area contributed by atoms with Crippen LogP contribution in [0.2, 0.25) is 0 Å². The predicted octanol–water partition coefficient (Wildman–Crippen LogP) is 2.99. The number of urea groups is 1. The minimum atomic E-state index is -0.802. The normalized spacial score (nSPS) is 15.0. The maximum Gasteiger partial charge on any atom is 0.319 e. The highest BCUT2D eigenvalue weighted by atomic mass is 19.1. The van der Waals surface area contributed by atoms with Crippen molar-refractivity contribution >= 4 is 11.7 Å². The lowest BCUT2D eigenvalue weighted by Gasteiger charge is -2.13. The fraction of sp³-hybridized carbons (Fsp3) is 0.389. The lowest BCUT2D eigenvalue weighted by Crippen LogP contribution is -2.37. The van der Waals surface area contributed by atoms with Crippen molar-refractivity contribution in [2.75, 3.05) is 25.1 Å². The fourth-order valence-electron chi connectivity index (χ4n) is 2.31. The Morgan fingerprint density at radius 1 is 1.40 bits per heavy atom. The number of hydrogen-bond donors (Lipinski definition) is 3. The van der Waals surface area contributed by atoms with E-state index in [1.54, 1.807) is 18.2 Å². The molecule has 0 saturated heterocycles. The van der Waals surface area contributed by atoms with Gasteiger partial charge >= 0.3 is 6.03 Å². The van der Waals surface area contributed by atoms with Gasteiger partial charge in [0, 0.05) is 18.7 Å². The molecular weight excluding hydrogens is 327 g/mol. The molecule has 1 heterocycles. The molecule has 0 spiro atoms. The van der Waals surface area contributed by atoms with Crippen LogP contribution in [-0.2, 0) is 4.74 Å². The molecule has 2 aromatic rings. The van der Waals surface area contributed by atoms with E-state index in [1.807, 2.05) is 0 Å². The quantitative estimate of drug-likeness (QED) is 0.685. The molecular formula is C18H21FN2O4. The molecule has 1 aliphatic carbocycles. The Morgan fingerprint density at radius 3 is 2.96 bits per heavy atom. The van der Waals surface area contributed by atoms with E-state index in [9.17, 15) is 14.3 Å². The van der Waals surface area contributed by atoms with Crippen LogP contribution in [0.1, 0.15) is 12.8 Å². The highest BCUT2D eigenvalue weighted by Crippen LogP contribution is 2.28. The summed E-state index contributed by atoms with van der Waals surface area (Å²) in [5.74, 6) is 0.637. The lowest BCUT2D eigenvalue weighted by molar-refractivity contribution is 0.0339. The highest BCUT2D eigenvalue weighted by molar-refractivity contribution is 5.90. The summed E-state index contributed by atoms with van der Waals surface area (Å²) >= 11 is 0. The van der Waals surface area contributed by atoms with Crippen molar-refractivity contribution in [1.29, 1.82) is 0 Å². The molecule has 1 aromatic carbocycles. The lowest BCUT2D eigenvalue weighted by atomic mass is 10.1. The number of nitrogens with one attached hydrogen (secondary N) is 2. The number of furan rings is 1. The van der Waals surface area contributed by atoms with Gasteiger partial charge in [-0.2, -0.15) is 0 Å². The Balaban J connectivity index is 1.47. The second-order valence-electron chi connectivity index (χ2n) is 6.14. The molecule has 25 heavy (non-hydrogen) atoms. The number of amides is 2. The monoisotopic (exact) mass is 348 g/mol. The molecule has 1 aromatic heterocycles. The van der Waals surface area contributed by atoms with Gasteiger partial charge in [0.2, 0.25) is 0 Å². The number of anilines is 1. The van der Waals surface area contributed by atoms with Crippen LogP contribution in [0.25, 0.3) is 11.3 Å². The average molecular weight is 348 g/mol. The second-order valence-corrected chi connectivity index (χ2v) is 6.14. The van der Waals surface area contributed by atoms with E-state index in [1.165, 1.54) is 31.2 Å². The zero-order chi connectivity index (χ0) is 17.6. The van der Waals surface area contributed by atoms with Gasteiger partial charge in [-0.1, -0.05) is 0 Å². The summed E-state index contributed by atoms with van der Waals surface area (Å²) in [7, 11) is 0. The molecule has 1 saturated carbocycles. The SMILES string of the molecule is O=C(NCC(O)COCC1CC1)Nc1cc(-c2ccco2)ccc1F. The van der Waals surface area contributed by atoms with Crippen LogP contribution in [0.3, 0.4) is 0 Å². The van der Waals surface area contributed by atoms with Crippen LogP contribution >= 0.6 is 0 Å². The van der Waals surface area contributed by atoms with Crippen molar-refractivity contribution in [3.8, 4) is 11.3 Å². The summed E-state index contributed by atoms with van der Waals surface area (Å²) < 4.78 is 24.5. The van der Waals surface area contributed by atoms with Gasteiger partial charge in [0.05, 0.1) is 24.7 Å². The molecule has 0 aliphatic heterocycles. The highest BCUT2D eigenvalue weighted by Gasteiger charge is 2.21. The van der Waals surface area contributed by atoms with Crippen LogP contribution in [0, 0.1) is 11.7 Å². The first-order valence-corrected chi connectivity index (χ1v) is 8.26. The first-order valence-electron chi connectivity index (χ1n) is 8.26. The molecule has 134 valence electrons. The van der Waals surface area contributed by atoms with E-state index in [4.69, 9.17) is 9.15 Å². The Labute approximate surface area is 145 Å². The molecule has 0 bridgehead atoms. The van der Waals surface area contributed by atoms with Crippen LogP contribution in [0.5, 0.6) is 0 Å². The third kappa shape index (κ3) is 5.30. The molecule has 6 nitrogen and oxygen atoms in total. The van der Waals surface area contributed by atoms with Crippen LogP contribution in [0.4, 0.5) is 14.9 Å². The number of ether oxygens (including phenoxy) is 1. The Hall–Kier alpha value is -2.38. The van der Waals surface area contributed by atoms with Crippen molar-refractivity contribution < 1.29 is 23.4 Å². The summed E-state index contributed by atoms with van der Waals surface area (Å²) in [6.07, 6.45) is 3.08. The molecule has 1 fully saturated rings. The Morgan fingerprint density at radius 2 is 2.24 bits per heavy atom. The number of hydrogen-bond acceptors (Lipinski definition) is 4. The van der Waals surface area contributed by atoms with Gasteiger partial charge in [-0.15, -0.1) is 0 Å². The maximum atomic E-state index is 13.9. The zero-order valence-electron chi connectivity index (χ0n) is 13.7. The van der Waals surface area contributed by atoms with Crippen LogP contribution in [-0.4, -0.2) is 37.0 Å². The number of carbonyl (C=O) groups excluding carboxylic acids is 1. The largest absolute Gasteiger partial charge is 0.464 e. The number of aliphatic hydroxyl groups is 1.